The lowest BCUT2D eigenvalue weighted by Gasteiger charge is -2.32. The second-order valence-corrected chi connectivity index (χ2v) is 5.68. The molecule has 1 aliphatic rings. The molecular formula is C11H16ClN3S. The van der Waals surface area contributed by atoms with Crippen molar-refractivity contribution in [2.75, 3.05) is 18.1 Å². The predicted octanol–water partition coefficient (Wildman–Crippen LogP) is 2.38. The van der Waals surface area contributed by atoms with Gasteiger partial charge in [0.1, 0.15) is 11.0 Å². The summed E-state index contributed by atoms with van der Waals surface area (Å²) in [7, 11) is 0. The van der Waals surface area contributed by atoms with Crippen molar-refractivity contribution in [3.8, 4) is 0 Å². The van der Waals surface area contributed by atoms with Crippen molar-refractivity contribution < 1.29 is 0 Å². The maximum Gasteiger partial charge on any atom is 0.144 e. The molecule has 0 radical (unpaired) electrons. The van der Waals surface area contributed by atoms with Gasteiger partial charge in [0.15, 0.2) is 0 Å². The van der Waals surface area contributed by atoms with Crippen molar-refractivity contribution in [3.05, 3.63) is 22.7 Å². The van der Waals surface area contributed by atoms with E-state index in [9.17, 15) is 0 Å². The molecule has 16 heavy (non-hydrogen) atoms. The fourth-order valence-electron chi connectivity index (χ4n) is 1.84. The second-order valence-electron chi connectivity index (χ2n) is 4.14. The second kappa shape index (κ2) is 5.34. The third kappa shape index (κ3) is 3.09. The average Bonchev–Trinajstić information content (AvgIpc) is 2.20. The molecular weight excluding hydrogens is 242 g/mol. The van der Waals surface area contributed by atoms with Crippen molar-refractivity contribution in [2.45, 2.75) is 26.4 Å². The van der Waals surface area contributed by atoms with Gasteiger partial charge in [-0.25, -0.2) is 9.97 Å². The summed E-state index contributed by atoms with van der Waals surface area (Å²) in [5.74, 6) is 3.23. The molecule has 0 aliphatic carbocycles. The normalized spacial score (nSPS) is 22.3. The minimum atomic E-state index is 0.543. The van der Waals surface area contributed by atoms with Gasteiger partial charge >= 0.3 is 0 Å². The molecule has 1 atom stereocenters. The van der Waals surface area contributed by atoms with Crippen molar-refractivity contribution in [1.29, 1.82) is 0 Å². The zero-order chi connectivity index (χ0) is 11.5. The molecule has 1 aromatic rings. The number of thioether (sulfide) groups is 1. The van der Waals surface area contributed by atoms with E-state index in [4.69, 9.17) is 11.6 Å². The Bertz CT molecular complexity index is 352. The van der Waals surface area contributed by atoms with Gasteiger partial charge in [-0.2, -0.15) is 11.8 Å². The van der Waals surface area contributed by atoms with E-state index in [-0.39, 0.29) is 0 Å². The van der Waals surface area contributed by atoms with Gasteiger partial charge in [0, 0.05) is 29.8 Å². The molecule has 2 heterocycles. The molecule has 1 aromatic heterocycles. The molecule has 0 spiro atoms. The maximum absolute atomic E-state index is 5.93. The minimum absolute atomic E-state index is 0.543. The van der Waals surface area contributed by atoms with Gasteiger partial charge in [-0.3, -0.25) is 4.90 Å². The molecule has 1 saturated heterocycles. The summed E-state index contributed by atoms with van der Waals surface area (Å²) < 4.78 is 0. The van der Waals surface area contributed by atoms with Crippen LogP contribution in [0.2, 0.25) is 5.15 Å². The molecule has 2 rings (SSSR count). The van der Waals surface area contributed by atoms with Crippen LogP contribution in [0.1, 0.15) is 18.4 Å². The first-order valence-electron chi connectivity index (χ1n) is 5.47. The SMILES string of the molecule is Cc1cc(Cl)nc(CN2CCSCC2C)n1. The topological polar surface area (TPSA) is 29.0 Å². The zero-order valence-electron chi connectivity index (χ0n) is 9.61. The molecule has 3 nitrogen and oxygen atoms in total. The average molecular weight is 258 g/mol. The van der Waals surface area contributed by atoms with Gasteiger partial charge in [0.25, 0.3) is 0 Å². The van der Waals surface area contributed by atoms with Crippen LogP contribution < -0.4 is 0 Å². The Morgan fingerprint density at radius 2 is 2.38 bits per heavy atom. The lowest BCUT2D eigenvalue weighted by atomic mass is 10.3. The molecule has 1 aliphatic heterocycles. The highest BCUT2D eigenvalue weighted by atomic mass is 35.5. The van der Waals surface area contributed by atoms with E-state index in [1.165, 1.54) is 11.5 Å². The summed E-state index contributed by atoms with van der Waals surface area (Å²) in [6, 6.07) is 2.39. The standard InChI is InChI=1S/C11H16ClN3S/c1-8-5-10(12)14-11(13-8)6-15-3-4-16-7-9(15)2/h5,9H,3-4,6-7H2,1-2H3. The van der Waals surface area contributed by atoms with Crippen LogP contribution in [0.5, 0.6) is 0 Å². The van der Waals surface area contributed by atoms with Crippen molar-refractivity contribution in [3.63, 3.8) is 0 Å². The third-order valence-corrected chi connectivity index (χ3v) is 4.10. The first-order chi connectivity index (χ1) is 7.65. The smallest absolute Gasteiger partial charge is 0.144 e. The van der Waals surface area contributed by atoms with Gasteiger partial charge in [-0.1, -0.05) is 11.6 Å². The number of hydrogen-bond acceptors (Lipinski definition) is 4. The summed E-state index contributed by atoms with van der Waals surface area (Å²) in [5.41, 5.74) is 0.939. The molecule has 5 heteroatoms. The molecule has 0 aromatic carbocycles. The van der Waals surface area contributed by atoms with E-state index in [1.54, 1.807) is 6.07 Å². The zero-order valence-corrected chi connectivity index (χ0v) is 11.2. The lowest BCUT2D eigenvalue weighted by molar-refractivity contribution is 0.218. The monoisotopic (exact) mass is 257 g/mol. The van der Waals surface area contributed by atoms with Crippen LogP contribution in [0.25, 0.3) is 0 Å². The van der Waals surface area contributed by atoms with Crippen molar-refractivity contribution in [2.24, 2.45) is 0 Å². The Morgan fingerprint density at radius 1 is 1.56 bits per heavy atom. The fraction of sp³-hybridized carbons (Fsp3) is 0.636. The maximum atomic E-state index is 5.93. The molecule has 0 N–H and O–H groups in total. The van der Waals surface area contributed by atoms with Crippen LogP contribution >= 0.6 is 23.4 Å². The van der Waals surface area contributed by atoms with E-state index in [0.29, 0.717) is 11.2 Å². The number of rotatable bonds is 2. The summed E-state index contributed by atoms with van der Waals surface area (Å²) in [5, 5.41) is 0.543. The Hall–Kier alpha value is -0.320. The number of aryl methyl sites for hydroxylation is 1. The molecule has 0 saturated carbocycles. The van der Waals surface area contributed by atoms with Gasteiger partial charge in [-0.05, 0) is 19.9 Å². The molecule has 88 valence electrons. The molecule has 0 bridgehead atoms. The van der Waals surface area contributed by atoms with E-state index >= 15 is 0 Å². The van der Waals surface area contributed by atoms with E-state index < -0.39 is 0 Å². The highest BCUT2D eigenvalue weighted by molar-refractivity contribution is 7.99. The molecule has 0 amide bonds. The van der Waals surface area contributed by atoms with Crippen LogP contribution in [0.15, 0.2) is 6.07 Å². The summed E-state index contributed by atoms with van der Waals surface area (Å²) in [6.07, 6.45) is 0. The predicted molar refractivity (Wildman–Crippen MR) is 69.0 cm³/mol. The van der Waals surface area contributed by atoms with E-state index in [0.717, 1.165) is 24.6 Å². The Morgan fingerprint density at radius 3 is 3.06 bits per heavy atom. The highest BCUT2D eigenvalue weighted by Gasteiger charge is 2.19. The van der Waals surface area contributed by atoms with Gasteiger partial charge < -0.3 is 0 Å². The number of aromatic nitrogens is 2. The van der Waals surface area contributed by atoms with Crippen LogP contribution in [0.3, 0.4) is 0 Å². The largest absolute Gasteiger partial charge is 0.292 e. The highest BCUT2D eigenvalue weighted by Crippen LogP contribution is 2.18. The van der Waals surface area contributed by atoms with Crippen molar-refractivity contribution in [1.82, 2.24) is 14.9 Å². The molecule has 1 unspecified atom stereocenters. The van der Waals surface area contributed by atoms with Gasteiger partial charge in [0.2, 0.25) is 0 Å². The van der Waals surface area contributed by atoms with Crippen LogP contribution in [0, 0.1) is 6.92 Å². The van der Waals surface area contributed by atoms with Crippen LogP contribution in [0.4, 0.5) is 0 Å². The first kappa shape index (κ1) is 12.1. The van der Waals surface area contributed by atoms with Crippen LogP contribution in [-0.2, 0) is 6.54 Å². The quantitative estimate of drug-likeness (QED) is 0.761. The fourth-order valence-corrected chi connectivity index (χ4v) is 3.18. The van der Waals surface area contributed by atoms with Crippen LogP contribution in [-0.4, -0.2) is 39.0 Å². The number of halogens is 1. The van der Waals surface area contributed by atoms with Crippen molar-refractivity contribution >= 4 is 23.4 Å². The van der Waals surface area contributed by atoms with E-state index in [2.05, 4.69) is 21.8 Å². The first-order valence-corrected chi connectivity index (χ1v) is 7.00. The lowest BCUT2D eigenvalue weighted by Crippen LogP contribution is -2.40. The number of nitrogens with zero attached hydrogens (tertiary/aromatic N) is 3. The molecule has 1 fully saturated rings. The minimum Gasteiger partial charge on any atom is -0.292 e. The third-order valence-electron chi connectivity index (χ3n) is 2.72. The summed E-state index contributed by atoms with van der Waals surface area (Å²) in [6.45, 7) is 6.12. The summed E-state index contributed by atoms with van der Waals surface area (Å²) in [4.78, 5) is 11.1. The summed E-state index contributed by atoms with van der Waals surface area (Å²) >= 11 is 7.95. The Balaban J connectivity index is 2.07. The Labute approximate surface area is 106 Å². The van der Waals surface area contributed by atoms with Gasteiger partial charge in [0.05, 0.1) is 6.54 Å². The Kier molecular flexibility index (Phi) is 4.05. The number of hydrogen-bond donors (Lipinski definition) is 0. The van der Waals surface area contributed by atoms with E-state index in [1.807, 2.05) is 18.7 Å². The van der Waals surface area contributed by atoms with Gasteiger partial charge in [-0.15, -0.1) is 0 Å².